The summed E-state index contributed by atoms with van der Waals surface area (Å²) >= 11 is 5.48. The lowest BCUT2D eigenvalue weighted by Crippen LogP contribution is -2.37. The second-order valence-electron chi connectivity index (χ2n) is 8.40. The van der Waals surface area contributed by atoms with Gasteiger partial charge in [-0.3, -0.25) is 14.4 Å². The second kappa shape index (κ2) is 13.5. The Hall–Kier alpha value is -3.85. The van der Waals surface area contributed by atoms with Crippen LogP contribution in [0.15, 0.2) is 58.1 Å². The van der Waals surface area contributed by atoms with Crippen molar-refractivity contribution in [1.82, 2.24) is 10.7 Å². The SMILES string of the molecule is COc1cc(/C=N\NC(=O)C(=O)NCc2ccc3c(c2)OCO3)cc(I)c1OCC(=O)Nc1ccc(Br)c(C)c1. The van der Waals surface area contributed by atoms with E-state index in [2.05, 4.69) is 37.1 Å². The van der Waals surface area contributed by atoms with E-state index in [1.165, 1.54) is 13.3 Å². The number of anilines is 1. The molecule has 3 N–H and O–H groups in total. The number of halogens is 2. The van der Waals surface area contributed by atoms with Crippen LogP contribution in [0.4, 0.5) is 5.69 Å². The lowest BCUT2D eigenvalue weighted by Gasteiger charge is -2.14. The van der Waals surface area contributed by atoms with Gasteiger partial charge in [-0.15, -0.1) is 0 Å². The normalized spacial score (nSPS) is 11.7. The Morgan fingerprint density at radius 1 is 1.07 bits per heavy atom. The molecule has 1 heterocycles. The molecule has 0 aromatic heterocycles. The van der Waals surface area contributed by atoms with Gasteiger partial charge in [-0.1, -0.05) is 22.0 Å². The van der Waals surface area contributed by atoms with Crippen LogP contribution < -0.4 is 35.0 Å². The number of carbonyl (C=O) groups excluding carboxylic acids is 3. The van der Waals surface area contributed by atoms with Crippen LogP contribution in [0, 0.1) is 10.5 Å². The van der Waals surface area contributed by atoms with Crippen molar-refractivity contribution < 1.29 is 33.3 Å². The van der Waals surface area contributed by atoms with E-state index in [0.717, 1.165) is 15.6 Å². The monoisotopic (exact) mass is 722 g/mol. The highest BCUT2D eigenvalue weighted by atomic mass is 127. The topological polar surface area (TPSA) is 137 Å². The van der Waals surface area contributed by atoms with Crippen molar-refractivity contribution in [2.24, 2.45) is 5.10 Å². The number of ether oxygens (including phenoxy) is 4. The van der Waals surface area contributed by atoms with Crippen LogP contribution in [0.25, 0.3) is 0 Å². The number of hydrogen-bond acceptors (Lipinski definition) is 8. The Morgan fingerprint density at radius 2 is 1.88 bits per heavy atom. The predicted molar refractivity (Wildman–Crippen MR) is 159 cm³/mol. The fourth-order valence-corrected chi connectivity index (χ4v) is 4.57. The van der Waals surface area contributed by atoms with Gasteiger partial charge in [0.05, 0.1) is 16.9 Å². The van der Waals surface area contributed by atoms with Crippen molar-refractivity contribution in [3.8, 4) is 23.0 Å². The van der Waals surface area contributed by atoms with Crippen LogP contribution in [-0.4, -0.2) is 44.4 Å². The molecular formula is C27H24BrIN4O7. The highest BCUT2D eigenvalue weighted by molar-refractivity contribution is 14.1. The Labute approximate surface area is 251 Å². The van der Waals surface area contributed by atoms with Crippen LogP contribution in [0.2, 0.25) is 0 Å². The highest BCUT2D eigenvalue weighted by Crippen LogP contribution is 2.34. The fourth-order valence-electron chi connectivity index (χ4n) is 3.54. The number of rotatable bonds is 9. The third-order valence-corrected chi connectivity index (χ3v) is 7.21. The predicted octanol–water partition coefficient (Wildman–Crippen LogP) is 3.88. The van der Waals surface area contributed by atoms with Gasteiger partial charge in [0.25, 0.3) is 5.91 Å². The summed E-state index contributed by atoms with van der Waals surface area (Å²) in [5, 5.41) is 9.17. The third kappa shape index (κ3) is 7.63. The number of carbonyl (C=O) groups is 3. The number of fused-ring (bicyclic) bond motifs is 1. The number of hydrazone groups is 1. The molecule has 0 saturated carbocycles. The molecule has 40 heavy (non-hydrogen) atoms. The minimum Gasteiger partial charge on any atom is -0.493 e. The van der Waals surface area contributed by atoms with Crippen molar-refractivity contribution in [2.75, 3.05) is 25.8 Å². The summed E-state index contributed by atoms with van der Waals surface area (Å²) in [6.45, 7) is 1.98. The molecule has 1 aliphatic rings. The first-order chi connectivity index (χ1) is 19.2. The number of hydrogen-bond donors (Lipinski definition) is 3. The molecule has 0 atom stereocenters. The van der Waals surface area contributed by atoms with Gasteiger partial charge in [-0.05, 0) is 88.7 Å². The molecule has 0 spiro atoms. The Balaban J connectivity index is 1.28. The number of benzene rings is 3. The first kappa shape index (κ1) is 29.1. The van der Waals surface area contributed by atoms with Crippen LogP contribution >= 0.6 is 38.5 Å². The molecule has 1 aliphatic heterocycles. The fraction of sp³-hybridized carbons (Fsp3) is 0.185. The molecule has 0 saturated heterocycles. The van der Waals surface area contributed by atoms with E-state index < -0.39 is 11.8 Å². The quantitative estimate of drug-likeness (QED) is 0.132. The van der Waals surface area contributed by atoms with E-state index in [0.29, 0.717) is 37.8 Å². The number of nitrogens with one attached hydrogen (secondary N) is 3. The minimum absolute atomic E-state index is 0.129. The molecule has 0 radical (unpaired) electrons. The molecule has 3 aromatic rings. The zero-order chi connectivity index (χ0) is 28.6. The molecule has 0 fully saturated rings. The van der Waals surface area contributed by atoms with Gasteiger partial charge in [0.2, 0.25) is 6.79 Å². The van der Waals surface area contributed by atoms with Gasteiger partial charge in [-0.2, -0.15) is 5.10 Å². The zero-order valence-corrected chi connectivity index (χ0v) is 25.1. The summed E-state index contributed by atoms with van der Waals surface area (Å²) in [6.07, 6.45) is 1.36. The van der Waals surface area contributed by atoms with Crippen LogP contribution in [0.3, 0.4) is 0 Å². The minimum atomic E-state index is -0.925. The van der Waals surface area contributed by atoms with E-state index >= 15 is 0 Å². The summed E-state index contributed by atoms with van der Waals surface area (Å²) in [5.74, 6) is -0.132. The molecule has 208 valence electrons. The average molecular weight is 723 g/mol. The van der Waals surface area contributed by atoms with Gasteiger partial charge >= 0.3 is 11.8 Å². The van der Waals surface area contributed by atoms with E-state index in [9.17, 15) is 14.4 Å². The number of amides is 3. The molecule has 4 rings (SSSR count). The van der Waals surface area contributed by atoms with Crippen LogP contribution in [-0.2, 0) is 20.9 Å². The number of methoxy groups -OCH3 is 1. The van der Waals surface area contributed by atoms with E-state index in [-0.39, 0.29) is 25.9 Å². The standard InChI is InChI=1S/C27H24BrIN4O7/c1-15-7-18(4-5-19(15)28)32-24(34)13-38-25-20(29)8-17(10-23(25)37-2)12-31-33-27(36)26(35)30-11-16-3-6-21-22(9-16)40-14-39-21/h3-10,12H,11,13-14H2,1-2H3,(H,30,35)(H,32,34)(H,33,36)/b31-12-. The van der Waals surface area contributed by atoms with Gasteiger partial charge < -0.3 is 29.6 Å². The number of aryl methyl sites for hydroxylation is 1. The maximum atomic E-state index is 12.4. The second-order valence-corrected chi connectivity index (χ2v) is 10.4. The van der Waals surface area contributed by atoms with Crippen LogP contribution in [0.5, 0.6) is 23.0 Å². The molecule has 13 heteroatoms. The van der Waals surface area contributed by atoms with Gasteiger partial charge in [0.15, 0.2) is 29.6 Å². The van der Waals surface area contributed by atoms with E-state index in [1.807, 2.05) is 41.6 Å². The molecule has 3 aromatic carbocycles. The van der Waals surface area contributed by atoms with E-state index in [4.69, 9.17) is 18.9 Å². The van der Waals surface area contributed by atoms with Crippen molar-refractivity contribution >= 4 is 68.1 Å². The third-order valence-electron chi connectivity index (χ3n) is 5.52. The molecule has 3 amide bonds. The largest absolute Gasteiger partial charge is 0.493 e. The lowest BCUT2D eigenvalue weighted by atomic mass is 10.2. The molecular weight excluding hydrogens is 699 g/mol. The first-order valence-electron chi connectivity index (χ1n) is 11.8. The Bertz CT molecular complexity index is 1480. The summed E-state index contributed by atoms with van der Waals surface area (Å²) in [4.78, 5) is 36.7. The molecule has 0 unspecified atom stereocenters. The summed E-state index contributed by atoms with van der Waals surface area (Å²) in [7, 11) is 1.47. The zero-order valence-electron chi connectivity index (χ0n) is 21.4. The van der Waals surface area contributed by atoms with Crippen molar-refractivity contribution in [1.29, 1.82) is 0 Å². The average Bonchev–Trinajstić information content (AvgIpc) is 3.41. The molecule has 11 nitrogen and oxygen atoms in total. The summed E-state index contributed by atoms with van der Waals surface area (Å²) in [5.41, 5.74) is 5.17. The smallest absolute Gasteiger partial charge is 0.329 e. The number of nitrogens with zero attached hydrogens (tertiary/aromatic N) is 1. The molecule has 0 aliphatic carbocycles. The summed E-state index contributed by atoms with van der Waals surface area (Å²) < 4.78 is 23.3. The van der Waals surface area contributed by atoms with Crippen molar-refractivity contribution in [2.45, 2.75) is 13.5 Å². The Morgan fingerprint density at radius 3 is 2.65 bits per heavy atom. The molecule has 0 bridgehead atoms. The summed E-state index contributed by atoms with van der Waals surface area (Å²) in [6, 6.07) is 14.1. The van der Waals surface area contributed by atoms with Gasteiger partial charge in [0, 0.05) is 16.7 Å². The Kier molecular flexibility index (Phi) is 9.82. The maximum Gasteiger partial charge on any atom is 0.329 e. The van der Waals surface area contributed by atoms with Crippen molar-refractivity contribution in [3.05, 3.63) is 73.3 Å². The van der Waals surface area contributed by atoms with Gasteiger partial charge in [0.1, 0.15) is 0 Å². The van der Waals surface area contributed by atoms with Gasteiger partial charge in [-0.25, -0.2) is 5.43 Å². The highest BCUT2D eigenvalue weighted by Gasteiger charge is 2.16. The van der Waals surface area contributed by atoms with Crippen molar-refractivity contribution in [3.63, 3.8) is 0 Å². The first-order valence-corrected chi connectivity index (χ1v) is 13.7. The maximum absolute atomic E-state index is 12.4. The lowest BCUT2D eigenvalue weighted by molar-refractivity contribution is -0.139. The van der Waals surface area contributed by atoms with Crippen LogP contribution in [0.1, 0.15) is 16.7 Å². The van der Waals surface area contributed by atoms with E-state index in [1.54, 1.807) is 36.4 Å².